The Morgan fingerprint density at radius 1 is 1.20 bits per heavy atom. The summed E-state index contributed by atoms with van der Waals surface area (Å²) in [5, 5.41) is 14.0. The van der Waals surface area contributed by atoms with Crippen LogP contribution in [0.1, 0.15) is 5.56 Å². The number of nitrogens with one attached hydrogen (secondary N) is 1. The molecule has 0 radical (unpaired) electrons. The molecule has 104 valence electrons. The number of hydrogen-bond donors (Lipinski definition) is 1. The van der Waals surface area contributed by atoms with E-state index in [2.05, 4.69) is 5.32 Å². The molecule has 0 unspecified atom stereocenters. The zero-order valence-electron chi connectivity index (χ0n) is 10.1. The fourth-order valence-electron chi connectivity index (χ4n) is 1.66. The minimum absolute atomic E-state index is 0.0924. The maximum Gasteiger partial charge on any atom is 0.293 e. The van der Waals surface area contributed by atoms with Gasteiger partial charge in [0.2, 0.25) is 0 Å². The van der Waals surface area contributed by atoms with Crippen LogP contribution in [0.2, 0.25) is 10.0 Å². The van der Waals surface area contributed by atoms with E-state index >= 15 is 0 Å². The maximum atomic E-state index is 13.5. The molecule has 2 aromatic rings. The largest absolute Gasteiger partial charge is 0.375 e. The molecule has 0 aliphatic rings. The summed E-state index contributed by atoms with van der Waals surface area (Å²) in [5.41, 5.74) is 0.372. The molecule has 0 bridgehead atoms. The first kappa shape index (κ1) is 14.6. The summed E-state index contributed by atoms with van der Waals surface area (Å²) >= 11 is 11.6. The lowest BCUT2D eigenvalue weighted by molar-refractivity contribution is -0.383. The van der Waals surface area contributed by atoms with Gasteiger partial charge in [-0.3, -0.25) is 10.1 Å². The monoisotopic (exact) mass is 314 g/mol. The van der Waals surface area contributed by atoms with Crippen LogP contribution in [-0.2, 0) is 6.54 Å². The highest BCUT2D eigenvalue weighted by Crippen LogP contribution is 2.34. The van der Waals surface area contributed by atoms with E-state index in [4.69, 9.17) is 23.2 Å². The van der Waals surface area contributed by atoms with Gasteiger partial charge < -0.3 is 5.32 Å². The second kappa shape index (κ2) is 6.07. The van der Waals surface area contributed by atoms with Gasteiger partial charge in [-0.1, -0.05) is 41.4 Å². The molecule has 0 amide bonds. The number of anilines is 1. The molecule has 0 aromatic heterocycles. The Morgan fingerprint density at radius 3 is 2.50 bits per heavy atom. The summed E-state index contributed by atoms with van der Waals surface area (Å²) in [6.07, 6.45) is 0. The van der Waals surface area contributed by atoms with Crippen LogP contribution < -0.4 is 5.32 Å². The van der Waals surface area contributed by atoms with Crippen molar-refractivity contribution in [1.29, 1.82) is 0 Å². The number of hydrogen-bond acceptors (Lipinski definition) is 3. The fraction of sp³-hybridized carbons (Fsp3) is 0.0769. The third kappa shape index (κ3) is 3.18. The third-order valence-electron chi connectivity index (χ3n) is 2.66. The molecule has 0 spiro atoms. The Hall–Kier alpha value is -1.85. The van der Waals surface area contributed by atoms with Crippen LogP contribution in [0.4, 0.5) is 15.8 Å². The number of benzene rings is 2. The van der Waals surface area contributed by atoms with Gasteiger partial charge in [0.1, 0.15) is 11.5 Å². The Morgan fingerprint density at radius 2 is 1.85 bits per heavy atom. The summed E-state index contributed by atoms with van der Waals surface area (Å²) in [6, 6.07) is 8.67. The van der Waals surface area contributed by atoms with Crippen LogP contribution in [0.5, 0.6) is 0 Å². The lowest BCUT2D eigenvalue weighted by atomic mass is 10.2. The van der Waals surface area contributed by atoms with Gasteiger partial charge in [-0.05, 0) is 12.1 Å². The van der Waals surface area contributed by atoms with Crippen molar-refractivity contribution >= 4 is 34.6 Å². The smallest absolute Gasteiger partial charge is 0.293 e. The first-order chi connectivity index (χ1) is 9.49. The van der Waals surface area contributed by atoms with Crippen molar-refractivity contribution in [2.24, 2.45) is 0 Å². The first-order valence-corrected chi connectivity index (χ1v) is 6.35. The summed E-state index contributed by atoms with van der Waals surface area (Å²) in [7, 11) is 0. The Kier molecular flexibility index (Phi) is 4.42. The van der Waals surface area contributed by atoms with Gasteiger partial charge in [-0.2, -0.15) is 0 Å². The molecular formula is C13H9Cl2FN2O2. The Labute approximate surface area is 124 Å². The molecule has 0 saturated heterocycles. The van der Waals surface area contributed by atoms with E-state index in [0.717, 1.165) is 6.07 Å². The van der Waals surface area contributed by atoms with E-state index in [9.17, 15) is 14.5 Å². The maximum absolute atomic E-state index is 13.5. The van der Waals surface area contributed by atoms with E-state index in [1.165, 1.54) is 12.1 Å². The van der Waals surface area contributed by atoms with E-state index in [1.807, 2.05) is 0 Å². The van der Waals surface area contributed by atoms with Crippen molar-refractivity contribution in [1.82, 2.24) is 0 Å². The lowest BCUT2D eigenvalue weighted by Crippen LogP contribution is -2.04. The van der Waals surface area contributed by atoms with Crippen LogP contribution in [0, 0.1) is 15.9 Å². The standard InChI is InChI=1S/C13H9Cl2FN2O2/c14-9-5-12(13(18(19)20)6-10(9)15)17-7-8-3-1-2-4-11(8)16/h1-6,17H,7H2. The second-order valence-electron chi connectivity index (χ2n) is 3.99. The highest BCUT2D eigenvalue weighted by atomic mass is 35.5. The van der Waals surface area contributed by atoms with Gasteiger partial charge in [0.25, 0.3) is 5.69 Å². The zero-order chi connectivity index (χ0) is 14.7. The molecule has 1 N–H and O–H groups in total. The van der Waals surface area contributed by atoms with Crippen LogP contribution in [0.15, 0.2) is 36.4 Å². The number of nitro benzene ring substituents is 1. The van der Waals surface area contributed by atoms with Gasteiger partial charge in [0.05, 0.1) is 15.0 Å². The molecule has 0 fully saturated rings. The fourth-order valence-corrected chi connectivity index (χ4v) is 1.98. The average molecular weight is 315 g/mol. The second-order valence-corrected chi connectivity index (χ2v) is 4.80. The molecule has 7 heteroatoms. The van der Waals surface area contributed by atoms with E-state index in [0.29, 0.717) is 5.56 Å². The molecule has 2 rings (SSSR count). The number of halogens is 3. The molecule has 20 heavy (non-hydrogen) atoms. The van der Waals surface area contributed by atoms with Crippen molar-refractivity contribution in [3.8, 4) is 0 Å². The molecule has 4 nitrogen and oxygen atoms in total. The van der Waals surface area contributed by atoms with Gasteiger partial charge in [0.15, 0.2) is 0 Å². The van der Waals surface area contributed by atoms with E-state index in [-0.39, 0.29) is 33.8 Å². The van der Waals surface area contributed by atoms with Crippen molar-refractivity contribution in [3.05, 3.63) is 67.9 Å². The molecule has 0 saturated carbocycles. The van der Waals surface area contributed by atoms with Crippen LogP contribution >= 0.6 is 23.2 Å². The van der Waals surface area contributed by atoms with Crippen molar-refractivity contribution in [3.63, 3.8) is 0 Å². The number of nitro groups is 1. The van der Waals surface area contributed by atoms with Crippen molar-refractivity contribution in [2.75, 3.05) is 5.32 Å². The highest BCUT2D eigenvalue weighted by molar-refractivity contribution is 6.42. The summed E-state index contributed by atoms with van der Waals surface area (Å²) in [4.78, 5) is 10.4. The average Bonchev–Trinajstić information content (AvgIpc) is 2.41. The van der Waals surface area contributed by atoms with E-state index in [1.54, 1.807) is 18.2 Å². The quantitative estimate of drug-likeness (QED) is 0.660. The predicted molar refractivity (Wildman–Crippen MR) is 76.8 cm³/mol. The van der Waals surface area contributed by atoms with Gasteiger partial charge in [-0.15, -0.1) is 0 Å². The highest BCUT2D eigenvalue weighted by Gasteiger charge is 2.17. The molecule has 0 aliphatic carbocycles. The van der Waals surface area contributed by atoms with Gasteiger partial charge >= 0.3 is 0 Å². The number of nitrogens with zero attached hydrogens (tertiary/aromatic N) is 1. The minimum Gasteiger partial charge on any atom is -0.375 e. The van der Waals surface area contributed by atoms with Crippen LogP contribution in [0.25, 0.3) is 0 Å². The summed E-state index contributed by atoms with van der Waals surface area (Å²) in [5.74, 6) is -0.386. The van der Waals surface area contributed by atoms with Crippen molar-refractivity contribution in [2.45, 2.75) is 6.54 Å². The first-order valence-electron chi connectivity index (χ1n) is 5.59. The normalized spacial score (nSPS) is 10.3. The van der Waals surface area contributed by atoms with Crippen molar-refractivity contribution < 1.29 is 9.31 Å². The lowest BCUT2D eigenvalue weighted by Gasteiger charge is -2.09. The predicted octanol–water partition coefficient (Wildman–Crippen LogP) is 4.65. The minimum atomic E-state index is -0.577. The molecular weight excluding hydrogens is 306 g/mol. The van der Waals surface area contributed by atoms with Gasteiger partial charge in [0, 0.05) is 18.2 Å². The topological polar surface area (TPSA) is 55.2 Å². The summed E-state index contributed by atoms with van der Waals surface area (Å²) in [6.45, 7) is 0.103. The van der Waals surface area contributed by atoms with Gasteiger partial charge in [-0.25, -0.2) is 4.39 Å². The zero-order valence-corrected chi connectivity index (χ0v) is 11.6. The molecule has 2 aromatic carbocycles. The molecule has 0 atom stereocenters. The SMILES string of the molecule is O=[N+]([O-])c1cc(Cl)c(Cl)cc1NCc1ccccc1F. The third-order valence-corrected chi connectivity index (χ3v) is 3.38. The van der Waals surface area contributed by atoms with Crippen LogP contribution in [-0.4, -0.2) is 4.92 Å². The Bertz CT molecular complexity index is 665. The van der Waals surface area contributed by atoms with Crippen LogP contribution in [0.3, 0.4) is 0 Å². The Balaban J connectivity index is 2.27. The molecule has 0 aliphatic heterocycles. The van der Waals surface area contributed by atoms with E-state index < -0.39 is 4.92 Å². The summed E-state index contributed by atoms with van der Waals surface area (Å²) < 4.78 is 13.5. The molecule has 0 heterocycles. The number of rotatable bonds is 4.